The summed E-state index contributed by atoms with van der Waals surface area (Å²) in [5, 5.41) is 4.18. The number of hydrogen-bond acceptors (Lipinski definition) is 4. The minimum Gasteiger partial charge on any atom is -0.454 e. The molecule has 0 fully saturated rings. The second-order valence-electron chi connectivity index (χ2n) is 8.40. The number of aromatic nitrogens is 1. The molecule has 0 saturated heterocycles. The summed E-state index contributed by atoms with van der Waals surface area (Å²) in [5.41, 5.74) is 4.32. The molecule has 6 nitrogen and oxygen atoms in total. The second kappa shape index (κ2) is 6.56. The van der Waals surface area contributed by atoms with Gasteiger partial charge in [0.2, 0.25) is 6.79 Å². The molecule has 0 bridgehead atoms. The number of ether oxygens (including phenoxy) is 2. The van der Waals surface area contributed by atoms with E-state index in [0.717, 1.165) is 39.6 Å². The summed E-state index contributed by atoms with van der Waals surface area (Å²) in [7, 11) is 0. The van der Waals surface area contributed by atoms with Crippen molar-refractivity contribution in [2.75, 3.05) is 17.0 Å². The third kappa shape index (κ3) is 2.47. The van der Waals surface area contributed by atoms with E-state index >= 15 is 0 Å². The van der Waals surface area contributed by atoms with E-state index in [0.29, 0.717) is 17.3 Å². The summed E-state index contributed by atoms with van der Waals surface area (Å²) < 4.78 is 13.1. The van der Waals surface area contributed by atoms with E-state index < -0.39 is 5.54 Å². The van der Waals surface area contributed by atoms with Gasteiger partial charge in [-0.25, -0.2) is 0 Å². The number of rotatable bonds is 2. The lowest BCUT2D eigenvalue weighted by Crippen LogP contribution is -2.49. The van der Waals surface area contributed by atoms with E-state index in [2.05, 4.69) is 9.88 Å². The molecule has 0 aliphatic carbocycles. The minimum absolute atomic E-state index is 0.0492. The molecule has 162 valence electrons. The van der Waals surface area contributed by atoms with Crippen molar-refractivity contribution in [3.05, 3.63) is 101 Å². The third-order valence-electron chi connectivity index (χ3n) is 6.62. The van der Waals surface area contributed by atoms with Crippen LogP contribution >= 0.6 is 11.6 Å². The van der Waals surface area contributed by atoms with Crippen molar-refractivity contribution in [2.24, 2.45) is 0 Å². The highest BCUT2D eigenvalue weighted by Gasteiger charge is 2.55. The van der Waals surface area contributed by atoms with Crippen LogP contribution in [0, 0.1) is 0 Å². The highest BCUT2D eigenvalue weighted by atomic mass is 35.5. The lowest BCUT2D eigenvalue weighted by atomic mass is 9.85. The lowest BCUT2D eigenvalue weighted by Gasteiger charge is -2.37. The summed E-state index contributed by atoms with van der Waals surface area (Å²) in [6.07, 6.45) is 1.99. The summed E-state index contributed by atoms with van der Waals surface area (Å²) in [5.74, 6) is 1.37. The molecular formula is C26H18ClN3O3. The maximum atomic E-state index is 14.3. The number of halogens is 1. The molecule has 1 aromatic heterocycles. The molecule has 4 aromatic rings. The highest BCUT2D eigenvalue weighted by molar-refractivity contribution is 6.31. The molecule has 0 saturated carbocycles. The zero-order valence-corrected chi connectivity index (χ0v) is 18.2. The lowest BCUT2D eigenvalue weighted by molar-refractivity contribution is -0.121. The number of anilines is 2. The van der Waals surface area contributed by atoms with Crippen LogP contribution in [0.2, 0.25) is 5.02 Å². The quantitative estimate of drug-likeness (QED) is 0.458. The van der Waals surface area contributed by atoms with E-state index in [4.69, 9.17) is 21.1 Å². The number of fused-ring (bicyclic) bond motifs is 7. The fourth-order valence-corrected chi connectivity index (χ4v) is 5.34. The van der Waals surface area contributed by atoms with Gasteiger partial charge in [-0.3, -0.25) is 4.79 Å². The van der Waals surface area contributed by atoms with Crippen LogP contribution in [0.1, 0.15) is 16.8 Å². The van der Waals surface area contributed by atoms with E-state index in [-0.39, 0.29) is 12.7 Å². The maximum absolute atomic E-state index is 14.3. The molecule has 3 aliphatic heterocycles. The second-order valence-corrected chi connectivity index (χ2v) is 8.83. The summed E-state index contributed by atoms with van der Waals surface area (Å²) >= 11 is 6.45. The van der Waals surface area contributed by atoms with Gasteiger partial charge in [0, 0.05) is 16.8 Å². The molecule has 33 heavy (non-hydrogen) atoms. The molecule has 1 atom stereocenters. The standard InChI is InChI=1S/C26H18ClN3O3/c27-17-8-9-20-18(13-17)26(24-6-3-11-29(24)21-5-2-1-4-19(21)28-26)25(31)30(20)14-16-7-10-22-23(12-16)33-15-32-22/h1-13,28H,14-15H2. The van der Waals surface area contributed by atoms with Crippen LogP contribution < -0.4 is 19.7 Å². The van der Waals surface area contributed by atoms with E-state index in [1.165, 1.54) is 0 Å². The van der Waals surface area contributed by atoms with Crippen LogP contribution in [-0.4, -0.2) is 17.3 Å². The Balaban J connectivity index is 1.40. The zero-order valence-electron chi connectivity index (χ0n) is 17.4. The van der Waals surface area contributed by atoms with Gasteiger partial charge in [0.25, 0.3) is 5.91 Å². The predicted octanol–water partition coefficient (Wildman–Crippen LogP) is 5.08. The Hall–Kier alpha value is -3.90. The van der Waals surface area contributed by atoms with E-state index in [1.54, 1.807) is 0 Å². The Morgan fingerprint density at radius 3 is 2.76 bits per heavy atom. The Morgan fingerprint density at radius 2 is 1.82 bits per heavy atom. The highest BCUT2D eigenvalue weighted by Crippen LogP contribution is 2.51. The van der Waals surface area contributed by atoms with Crippen LogP contribution in [0.3, 0.4) is 0 Å². The fourth-order valence-electron chi connectivity index (χ4n) is 5.17. The first-order valence-electron chi connectivity index (χ1n) is 10.7. The Morgan fingerprint density at radius 1 is 0.939 bits per heavy atom. The molecule has 0 radical (unpaired) electrons. The zero-order chi connectivity index (χ0) is 22.2. The van der Waals surface area contributed by atoms with Crippen molar-refractivity contribution in [3.8, 4) is 17.2 Å². The van der Waals surface area contributed by atoms with Crippen molar-refractivity contribution in [1.29, 1.82) is 0 Å². The third-order valence-corrected chi connectivity index (χ3v) is 6.85. The summed E-state index contributed by atoms with van der Waals surface area (Å²) in [6, 6.07) is 23.4. The van der Waals surface area contributed by atoms with Crippen LogP contribution in [0.5, 0.6) is 11.5 Å². The number of para-hydroxylation sites is 2. The molecule has 7 rings (SSSR count). The molecule has 7 heteroatoms. The number of carbonyl (C=O) groups is 1. The van der Waals surface area contributed by atoms with Gasteiger partial charge in [-0.05, 0) is 60.2 Å². The number of benzene rings is 3. The van der Waals surface area contributed by atoms with Crippen LogP contribution in [-0.2, 0) is 16.9 Å². The predicted molar refractivity (Wildman–Crippen MR) is 125 cm³/mol. The first-order valence-corrected chi connectivity index (χ1v) is 11.1. The van der Waals surface area contributed by atoms with Gasteiger partial charge in [-0.2, -0.15) is 0 Å². The minimum atomic E-state index is -1.07. The number of nitrogens with zero attached hydrogens (tertiary/aromatic N) is 2. The first-order chi connectivity index (χ1) is 16.1. The summed E-state index contributed by atoms with van der Waals surface area (Å²) in [6.45, 7) is 0.613. The maximum Gasteiger partial charge on any atom is 0.264 e. The molecule has 1 unspecified atom stereocenters. The Kier molecular flexibility index (Phi) is 3.71. The monoisotopic (exact) mass is 455 g/mol. The molecular weight excluding hydrogens is 438 g/mol. The smallest absolute Gasteiger partial charge is 0.264 e. The van der Waals surface area contributed by atoms with Crippen molar-refractivity contribution in [2.45, 2.75) is 12.1 Å². The average Bonchev–Trinajstić information content (AvgIpc) is 3.55. The molecule has 1 amide bonds. The van der Waals surface area contributed by atoms with Gasteiger partial charge in [0.15, 0.2) is 17.0 Å². The largest absolute Gasteiger partial charge is 0.454 e. The SMILES string of the molecule is O=C1N(Cc2ccc3c(c2)OCO3)c2ccc(Cl)cc2C12Nc1ccccc1-n1cccc12. The van der Waals surface area contributed by atoms with Gasteiger partial charge >= 0.3 is 0 Å². The van der Waals surface area contributed by atoms with Crippen molar-refractivity contribution in [3.63, 3.8) is 0 Å². The molecule has 1 spiro atoms. The summed E-state index contributed by atoms with van der Waals surface area (Å²) in [4.78, 5) is 16.1. The molecule has 4 heterocycles. The van der Waals surface area contributed by atoms with Gasteiger partial charge in [0.1, 0.15) is 0 Å². The number of amides is 1. The van der Waals surface area contributed by atoms with Crippen LogP contribution in [0.25, 0.3) is 5.69 Å². The number of carbonyl (C=O) groups excluding carboxylic acids is 1. The molecule has 3 aromatic carbocycles. The van der Waals surface area contributed by atoms with Crippen LogP contribution in [0.15, 0.2) is 79.0 Å². The van der Waals surface area contributed by atoms with E-state index in [1.807, 2.05) is 83.9 Å². The topological polar surface area (TPSA) is 55.7 Å². The number of hydrogen-bond donors (Lipinski definition) is 1. The number of nitrogens with one attached hydrogen (secondary N) is 1. The molecule has 1 N–H and O–H groups in total. The van der Waals surface area contributed by atoms with Gasteiger partial charge in [-0.15, -0.1) is 0 Å². The Labute approximate surface area is 194 Å². The van der Waals surface area contributed by atoms with Crippen LogP contribution in [0.4, 0.5) is 11.4 Å². The Bertz CT molecular complexity index is 1460. The normalized spacial score (nSPS) is 19.3. The fraction of sp³-hybridized carbons (Fsp3) is 0.115. The van der Waals surface area contributed by atoms with Crippen molar-refractivity contribution >= 4 is 28.9 Å². The van der Waals surface area contributed by atoms with Crippen molar-refractivity contribution in [1.82, 2.24) is 4.57 Å². The van der Waals surface area contributed by atoms with Crippen molar-refractivity contribution < 1.29 is 14.3 Å². The van der Waals surface area contributed by atoms with Gasteiger partial charge in [0.05, 0.1) is 29.3 Å². The van der Waals surface area contributed by atoms with Gasteiger partial charge < -0.3 is 24.3 Å². The molecule has 3 aliphatic rings. The first kappa shape index (κ1) is 18.7. The average molecular weight is 456 g/mol. The van der Waals surface area contributed by atoms with Gasteiger partial charge in [-0.1, -0.05) is 29.8 Å². The van der Waals surface area contributed by atoms with E-state index in [9.17, 15) is 4.79 Å².